The number of nitrogens with one attached hydrogen (secondary N) is 1. The minimum atomic E-state index is 0.0461. The number of para-hydroxylation sites is 1. The standard InChI is InChI=1S/C17H21N3O/c1-3-18-16(15-9-10-19-12(2)20-15)14-8-4-6-13-7-5-11-21-17(13)14/h4,6,8-10,16,18H,3,5,7,11H2,1-2H3. The van der Waals surface area contributed by atoms with Crippen molar-refractivity contribution in [3.8, 4) is 5.75 Å². The molecule has 3 rings (SSSR count). The van der Waals surface area contributed by atoms with Crippen LogP contribution in [-0.4, -0.2) is 23.1 Å². The van der Waals surface area contributed by atoms with Crippen molar-refractivity contribution >= 4 is 0 Å². The van der Waals surface area contributed by atoms with E-state index in [-0.39, 0.29) is 6.04 Å². The summed E-state index contributed by atoms with van der Waals surface area (Å²) in [6, 6.07) is 8.43. The summed E-state index contributed by atoms with van der Waals surface area (Å²) in [7, 11) is 0. The second-order valence-electron chi connectivity index (χ2n) is 5.31. The molecule has 1 aliphatic rings. The molecule has 0 saturated heterocycles. The van der Waals surface area contributed by atoms with Crippen molar-refractivity contribution in [2.75, 3.05) is 13.2 Å². The van der Waals surface area contributed by atoms with Gasteiger partial charge >= 0.3 is 0 Å². The third kappa shape index (κ3) is 2.90. The lowest BCUT2D eigenvalue weighted by Gasteiger charge is -2.25. The molecule has 4 heteroatoms. The summed E-state index contributed by atoms with van der Waals surface area (Å²) in [4.78, 5) is 8.78. The van der Waals surface area contributed by atoms with Crippen molar-refractivity contribution in [2.45, 2.75) is 32.7 Å². The van der Waals surface area contributed by atoms with Crippen LogP contribution >= 0.6 is 0 Å². The minimum absolute atomic E-state index is 0.0461. The SMILES string of the molecule is CCNC(c1ccnc(C)n1)c1cccc2c1OCCC2. The van der Waals surface area contributed by atoms with Gasteiger partial charge in [-0.3, -0.25) is 0 Å². The molecule has 0 amide bonds. The Kier molecular flexibility index (Phi) is 4.15. The Morgan fingerprint density at radius 3 is 3.05 bits per heavy atom. The quantitative estimate of drug-likeness (QED) is 0.937. The molecule has 1 N–H and O–H groups in total. The maximum absolute atomic E-state index is 5.95. The third-order valence-electron chi connectivity index (χ3n) is 3.78. The van der Waals surface area contributed by atoms with E-state index in [1.54, 1.807) is 0 Å². The molecule has 1 aromatic carbocycles. The molecule has 1 aromatic heterocycles. The summed E-state index contributed by atoms with van der Waals surface area (Å²) in [5.74, 6) is 1.83. The Morgan fingerprint density at radius 2 is 2.24 bits per heavy atom. The highest BCUT2D eigenvalue weighted by molar-refractivity contribution is 5.46. The zero-order valence-corrected chi connectivity index (χ0v) is 12.6. The fourth-order valence-electron chi connectivity index (χ4n) is 2.85. The number of hydrogen-bond acceptors (Lipinski definition) is 4. The average molecular weight is 283 g/mol. The van der Waals surface area contributed by atoms with E-state index >= 15 is 0 Å². The van der Waals surface area contributed by atoms with Gasteiger partial charge in [-0.25, -0.2) is 9.97 Å². The predicted molar refractivity (Wildman–Crippen MR) is 82.5 cm³/mol. The van der Waals surface area contributed by atoms with Crippen LogP contribution in [0.2, 0.25) is 0 Å². The fraction of sp³-hybridized carbons (Fsp3) is 0.412. The van der Waals surface area contributed by atoms with Crippen LogP contribution in [0.15, 0.2) is 30.5 Å². The lowest BCUT2D eigenvalue weighted by Crippen LogP contribution is -2.25. The van der Waals surface area contributed by atoms with Crippen LogP contribution in [0.25, 0.3) is 0 Å². The summed E-state index contributed by atoms with van der Waals surface area (Å²) in [6.07, 6.45) is 4.00. The molecule has 0 saturated carbocycles. The first-order valence-electron chi connectivity index (χ1n) is 7.57. The highest BCUT2D eigenvalue weighted by Gasteiger charge is 2.22. The molecule has 110 valence electrons. The number of benzene rings is 1. The summed E-state index contributed by atoms with van der Waals surface area (Å²) < 4.78 is 5.95. The van der Waals surface area contributed by atoms with E-state index in [0.717, 1.165) is 43.3 Å². The van der Waals surface area contributed by atoms with Crippen LogP contribution in [0.1, 0.15) is 42.0 Å². The maximum atomic E-state index is 5.95. The number of aryl methyl sites for hydroxylation is 2. The maximum Gasteiger partial charge on any atom is 0.127 e. The van der Waals surface area contributed by atoms with Gasteiger partial charge in [0.1, 0.15) is 11.6 Å². The Bertz CT molecular complexity index is 627. The average Bonchev–Trinajstić information content (AvgIpc) is 2.52. The normalized spacial score (nSPS) is 15.1. The first-order valence-corrected chi connectivity index (χ1v) is 7.57. The minimum Gasteiger partial charge on any atom is -0.493 e. The third-order valence-corrected chi connectivity index (χ3v) is 3.78. The van der Waals surface area contributed by atoms with Gasteiger partial charge in [-0.15, -0.1) is 0 Å². The number of nitrogens with zero attached hydrogens (tertiary/aromatic N) is 2. The van der Waals surface area contributed by atoms with Gasteiger partial charge in [-0.05, 0) is 37.9 Å². The van der Waals surface area contributed by atoms with Gasteiger partial charge in [0.15, 0.2) is 0 Å². The Balaban J connectivity index is 2.05. The first-order chi connectivity index (χ1) is 10.3. The molecule has 1 unspecified atom stereocenters. The highest BCUT2D eigenvalue weighted by atomic mass is 16.5. The molecule has 1 aliphatic heterocycles. The molecule has 0 fully saturated rings. The van der Waals surface area contributed by atoms with Crippen LogP contribution in [0, 0.1) is 6.92 Å². The summed E-state index contributed by atoms with van der Waals surface area (Å²) in [5, 5.41) is 3.52. The molecule has 0 radical (unpaired) electrons. The molecule has 0 bridgehead atoms. The van der Waals surface area contributed by atoms with Crippen molar-refractivity contribution in [1.29, 1.82) is 0 Å². The second-order valence-corrected chi connectivity index (χ2v) is 5.31. The van der Waals surface area contributed by atoms with E-state index in [9.17, 15) is 0 Å². The number of hydrogen-bond donors (Lipinski definition) is 1. The Hall–Kier alpha value is -1.94. The van der Waals surface area contributed by atoms with Crippen LogP contribution < -0.4 is 10.1 Å². The zero-order valence-electron chi connectivity index (χ0n) is 12.6. The lowest BCUT2D eigenvalue weighted by molar-refractivity contribution is 0.283. The number of fused-ring (bicyclic) bond motifs is 1. The van der Waals surface area contributed by atoms with Crippen molar-refractivity contribution < 1.29 is 4.74 Å². The summed E-state index contributed by atoms with van der Waals surface area (Å²) in [6.45, 7) is 5.70. The largest absolute Gasteiger partial charge is 0.493 e. The van der Waals surface area contributed by atoms with Crippen LogP contribution in [0.5, 0.6) is 5.75 Å². The van der Waals surface area contributed by atoms with Gasteiger partial charge in [-0.1, -0.05) is 25.1 Å². The van der Waals surface area contributed by atoms with Gasteiger partial charge in [0.25, 0.3) is 0 Å². The second kappa shape index (κ2) is 6.22. The van der Waals surface area contributed by atoms with Gasteiger partial charge < -0.3 is 10.1 Å². The monoisotopic (exact) mass is 283 g/mol. The molecular formula is C17H21N3O. The number of aromatic nitrogens is 2. The Morgan fingerprint density at radius 1 is 1.33 bits per heavy atom. The molecule has 21 heavy (non-hydrogen) atoms. The predicted octanol–water partition coefficient (Wildman–Crippen LogP) is 2.81. The zero-order chi connectivity index (χ0) is 14.7. The van der Waals surface area contributed by atoms with E-state index in [2.05, 4.69) is 40.4 Å². The first kappa shape index (κ1) is 14.0. The number of ether oxygens (including phenoxy) is 1. The topological polar surface area (TPSA) is 47.0 Å². The number of rotatable bonds is 4. The van der Waals surface area contributed by atoms with Crippen molar-refractivity contribution in [1.82, 2.24) is 15.3 Å². The van der Waals surface area contributed by atoms with Crippen LogP contribution in [0.4, 0.5) is 0 Å². The molecule has 2 heterocycles. The van der Waals surface area contributed by atoms with E-state index in [4.69, 9.17) is 4.74 Å². The van der Waals surface area contributed by atoms with Crippen molar-refractivity contribution in [2.24, 2.45) is 0 Å². The van der Waals surface area contributed by atoms with Crippen molar-refractivity contribution in [3.05, 3.63) is 53.1 Å². The molecule has 4 nitrogen and oxygen atoms in total. The van der Waals surface area contributed by atoms with E-state index in [1.165, 1.54) is 11.1 Å². The van der Waals surface area contributed by atoms with E-state index in [0.29, 0.717) is 0 Å². The summed E-state index contributed by atoms with van der Waals surface area (Å²) >= 11 is 0. The van der Waals surface area contributed by atoms with Gasteiger partial charge in [0.05, 0.1) is 18.3 Å². The smallest absolute Gasteiger partial charge is 0.127 e. The van der Waals surface area contributed by atoms with Crippen molar-refractivity contribution in [3.63, 3.8) is 0 Å². The highest BCUT2D eigenvalue weighted by Crippen LogP contribution is 2.35. The molecule has 0 spiro atoms. The van der Waals surface area contributed by atoms with Crippen LogP contribution in [0.3, 0.4) is 0 Å². The van der Waals surface area contributed by atoms with Gasteiger partial charge in [0, 0.05) is 11.8 Å². The lowest BCUT2D eigenvalue weighted by atomic mass is 9.96. The van der Waals surface area contributed by atoms with E-state index < -0.39 is 0 Å². The summed E-state index contributed by atoms with van der Waals surface area (Å²) in [5.41, 5.74) is 3.46. The molecular weight excluding hydrogens is 262 g/mol. The Labute approximate surface area is 125 Å². The fourth-order valence-corrected chi connectivity index (χ4v) is 2.85. The van der Waals surface area contributed by atoms with Gasteiger partial charge in [-0.2, -0.15) is 0 Å². The van der Waals surface area contributed by atoms with Crippen LogP contribution in [-0.2, 0) is 6.42 Å². The molecule has 0 aliphatic carbocycles. The molecule has 1 atom stereocenters. The molecule has 2 aromatic rings. The van der Waals surface area contributed by atoms with E-state index in [1.807, 2.05) is 19.2 Å². The van der Waals surface area contributed by atoms with Gasteiger partial charge in [0.2, 0.25) is 0 Å².